The molecular weight excluding hydrogens is 296 g/mol. The second-order valence-electron chi connectivity index (χ2n) is 4.37. The van der Waals surface area contributed by atoms with Crippen molar-refractivity contribution >= 4 is 28.8 Å². The third-order valence-corrected chi connectivity index (χ3v) is 4.40. The fraction of sp³-hybridized carbons (Fsp3) is 0.286. The van der Waals surface area contributed by atoms with Crippen molar-refractivity contribution in [2.45, 2.75) is 26.3 Å². The van der Waals surface area contributed by atoms with E-state index in [9.17, 15) is 9.90 Å². The zero-order chi connectivity index (χ0) is 14.7. The minimum absolute atomic E-state index is 0.129. The number of hydrogen-bond acceptors (Lipinski definition) is 4. The molecule has 0 spiro atoms. The van der Waals surface area contributed by atoms with Crippen molar-refractivity contribution in [2.75, 3.05) is 0 Å². The van der Waals surface area contributed by atoms with Crippen LogP contribution in [-0.4, -0.2) is 16.0 Å². The number of nitrogens with zero attached hydrogens (tertiary/aromatic N) is 1. The maximum absolute atomic E-state index is 12.1. The fourth-order valence-electron chi connectivity index (χ4n) is 1.72. The van der Waals surface area contributed by atoms with Gasteiger partial charge in [0.2, 0.25) is 0 Å². The van der Waals surface area contributed by atoms with Gasteiger partial charge in [0.1, 0.15) is 10.8 Å². The molecule has 0 radical (unpaired) electrons. The summed E-state index contributed by atoms with van der Waals surface area (Å²) in [5, 5.41) is 13.8. The molecule has 0 aliphatic rings. The first-order chi connectivity index (χ1) is 9.51. The van der Waals surface area contributed by atoms with Gasteiger partial charge in [0.25, 0.3) is 5.91 Å². The minimum atomic E-state index is -0.347. The number of aromatic hydroxyl groups is 1. The molecule has 1 amide bonds. The largest absolute Gasteiger partial charge is 0.507 e. The van der Waals surface area contributed by atoms with Crippen LogP contribution in [-0.2, 0) is 6.42 Å². The average molecular weight is 311 g/mol. The van der Waals surface area contributed by atoms with Crippen LogP contribution >= 0.6 is 22.9 Å². The summed E-state index contributed by atoms with van der Waals surface area (Å²) >= 11 is 7.32. The number of amides is 1. The first kappa shape index (κ1) is 14.8. The van der Waals surface area contributed by atoms with E-state index in [2.05, 4.69) is 17.2 Å². The molecule has 2 rings (SSSR count). The second-order valence-corrected chi connectivity index (χ2v) is 5.96. The molecule has 6 heteroatoms. The number of nitrogens with one attached hydrogen (secondary N) is 1. The SMILES string of the molecule is CCc1cnc(C(C)NC(=O)c2ccc(Cl)cc2O)s1. The summed E-state index contributed by atoms with van der Waals surface area (Å²) < 4.78 is 0. The molecule has 0 saturated carbocycles. The van der Waals surface area contributed by atoms with Gasteiger partial charge in [0.15, 0.2) is 0 Å². The summed E-state index contributed by atoms with van der Waals surface area (Å²) in [5.74, 6) is -0.476. The van der Waals surface area contributed by atoms with Crippen LogP contribution < -0.4 is 5.32 Å². The van der Waals surface area contributed by atoms with E-state index in [-0.39, 0.29) is 23.3 Å². The van der Waals surface area contributed by atoms with E-state index in [4.69, 9.17) is 11.6 Å². The minimum Gasteiger partial charge on any atom is -0.507 e. The van der Waals surface area contributed by atoms with Gasteiger partial charge >= 0.3 is 0 Å². The van der Waals surface area contributed by atoms with Gasteiger partial charge in [-0.2, -0.15) is 0 Å². The Balaban J connectivity index is 2.10. The maximum atomic E-state index is 12.1. The number of phenols is 1. The van der Waals surface area contributed by atoms with Crippen molar-refractivity contribution in [3.63, 3.8) is 0 Å². The van der Waals surface area contributed by atoms with Crippen LogP contribution in [0.3, 0.4) is 0 Å². The van der Waals surface area contributed by atoms with Crippen molar-refractivity contribution in [1.82, 2.24) is 10.3 Å². The number of benzene rings is 1. The Morgan fingerprint density at radius 1 is 1.55 bits per heavy atom. The lowest BCUT2D eigenvalue weighted by Gasteiger charge is -2.12. The van der Waals surface area contributed by atoms with Gasteiger partial charge in [-0.05, 0) is 31.5 Å². The van der Waals surface area contributed by atoms with Gasteiger partial charge in [-0.3, -0.25) is 4.79 Å². The van der Waals surface area contributed by atoms with Crippen molar-refractivity contribution in [2.24, 2.45) is 0 Å². The third kappa shape index (κ3) is 3.29. The van der Waals surface area contributed by atoms with Crippen LogP contribution in [0.4, 0.5) is 0 Å². The van der Waals surface area contributed by atoms with Crippen molar-refractivity contribution in [3.05, 3.63) is 44.9 Å². The summed E-state index contributed by atoms with van der Waals surface area (Å²) in [6.07, 6.45) is 2.75. The summed E-state index contributed by atoms with van der Waals surface area (Å²) in [4.78, 5) is 17.6. The van der Waals surface area contributed by atoms with Gasteiger partial charge < -0.3 is 10.4 Å². The normalized spacial score (nSPS) is 12.2. The van der Waals surface area contributed by atoms with E-state index < -0.39 is 0 Å². The highest BCUT2D eigenvalue weighted by atomic mass is 35.5. The number of phenolic OH excluding ortho intramolecular Hbond substituents is 1. The van der Waals surface area contributed by atoms with Gasteiger partial charge in [-0.15, -0.1) is 11.3 Å². The highest BCUT2D eigenvalue weighted by Gasteiger charge is 2.17. The van der Waals surface area contributed by atoms with E-state index in [1.165, 1.54) is 17.0 Å². The molecule has 1 aromatic heterocycles. The Morgan fingerprint density at radius 3 is 2.90 bits per heavy atom. The first-order valence-electron chi connectivity index (χ1n) is 6.25. The summed E-state index contributed by atoms with van der Waals surface area (Å²) in [6, 6.07) is 4.21. The molecule has 1 heterocycles. The second kappa shape index (κ2) is 6.24. The number of aromatic nitrogens is 1. The van der Waals surface area contributed by atoms with E-state index in [1.807, 2.05) is 13.1 Å². The van der Waals surface area contributed by atoms with Gasteiger partial charge in [-0.25, -0.2) is 4.98 Å². The molecule has 4 nitrogen and oxygen atoms in total. The lowest BCUT2D eigenvalue weighted by molar-refractivity contribution is 0.0937. The van der Waals surface area contributed by atoms with E-state index >= 15 is 0 Å². The first-order valence-corrected chi connectivity index (χ1v) is 7.44. The molecule has 0 aliphatic heterocycles. The zero-order valence-corrected chi connectivity index (χ0v) is 12.8. The Morgan fingerprint density at radius 2 is 2.30 bits per heavy atom. The molecule has 0 saturated heterocycles. The monoisotopic (exact) mass is 310 g/mol. The maximum Gasteiger partial charge on any atom is 0.255 e. The fourth-order valence-corrected chi connectivity index (χ4v) is 2.75. The molecule has 20 heavy (non-hydrogen) atoms. The summed E-state index contributed by atoms with van der Waals surface area (Å²) in [6.45, 7) is 3.93. The standard InChI is InChI=1S/C14H15ClN2O2S/c1-3-10-7-16-14(20-10)8(2)17-13(19)11-5-4-9(15)6-12(11)18/h4-8,18H,3H2,1-2H3,(H,17,19). The molecule has 1 aromatic carbocycles. The van der Waals surface area contributed by atoms with Crippen LogP contribution in [0.1, 0.15) is 40.1 Å². The van der Waals surface area contributed by atoms with Crippen LogP contribution in [0, 0.1) is 0 Å². The number of thiazole rings is 1. The summed E-state index contributed by atoms with van der Waals surface area (Å²) in [7, 11) is 0. The molecule has 2 aromatic rings. The highest BCUT2D eigenvalue weighted by molar-refractivity contribution is 7.11. The van der Waals surface area contributed by atoms with Crippen molar-refractivity contribution in [1.29, 1.82) is 0 Å². The molecule has 106 valence electrons. The van der Waals surface area contributed by atoms with Gasteiger partial charge in [0.05, 0.1) is 11.6 Å². The smallest absolute Gasteiger partial charge is 0.255 e. The van der Waals surface area contributed by atoms with Crippen LogP contribution in [0.15, 0.2) is 24.4 Å². The average Bonchev–Trinajstić information content (AvgIpc) is 2.87. The number of carbonyl (C=O) groups excluding carboxylic acids is 1. The lowest BCUT2D eigenvalue weighted by atomic mass is 10.2. The molecule has 1 atom stereocenters. The van der Waals surface area contributed by atoms with Crippen LogP contribution in [0.5, 0.6) is 5.75 Å². The Labute approximate surface area is 126 Å². The van der Waals surface area contributed by atoms with Crippen molar-refractivity contribution in [3.8, 4) is 5.75 Å². The number of halogens is 1. The third-order valence-electron chi connectivity index (χ3n) is 2.84. The Kier molecular flexibility index (Phi) is 4.62. The molecule has 1 unspecified atom stereocenters. The molecule has 2 N–H and O–H groups in total. The van der Waals surface area contributed by atoms with E-state index in [1.54, 1.807) is 17.4 Å². The van der Waals surface area contributed by atoms with Crippen LogP contribution in [0.25, 0.3) is 0 Å². The van der Waals surface area contributed by atoms with Crippen molar-refractivity contribution < 1.29 is 9.90 Å². The highest BCUT2D eigenvalue weighted by Crippen LogP contribution is 2.24. The number of rotatable bonds is 4. The number of aryl methyl sites for hydroxylation is 1. The van der Waals surface area contributed by atoms with E-state index in [0.717, 1.165) is 11.4 Å². The summed E-state index contributed by atoms with van der Waals surface area (Å²) in [5.41, 5.74) is 0.202. The topological polar surface area (TPSA) is 62.2 Å². The molecule has 0 aliphatic carbocycles. The van der Waals surface area contributed by atoms with Crippen LogP contribution in [0.2, 0.25) is 5.02 Å². The predicted octanol–water partition coefficient (Wildman–Crippen LogP) is 3.56. The Bertz CT molecular complexity index is 627. The Hall–Kier alpha value is -1.59. The molecule has 0 bridgehead atoms. The molecule has 0 fully saturated rings. The van der Waals surface area contributed by atoms with Gasteiger partial charge in [-0.1, -0.05) is 18.5 Å². The lowest BCUT2D eigenvalue weighted by Crippen LogP contribution is -2.26. The quantitative estimate of drug-likeness (QED) is 0.907. The predicted molar refractivity (Wildman–Crippen MR) is 80.5 cm³/mol. The number of hydrogen-bond donors (Lipinski definition) is 2. The van der Waals surface area contributed by atoms with Gasteiger partial charge in [0, 0.05) is 16.1 Å². The number of carbonyl (C=O) groups is 1. The molecular formula is C14H15ClN2O2S. The van der Waals surface area contributed by atoms with E-state index in [0.29, 0.717) is 5.02 Å². The zero-order valence-electron chi connectivity index (χ0n) is 11.2.